The molecule has 0 aliphatic carbocycles. The standard InChI is InChI=1S/C19H33N5O/c1-4-20-19(21-12-17-11-18(15(2)3)22-25-17)24-10-7-16(14-24)13-23-8-5-6-9-23/h11,15-16H,4-10,12-14H2,1-3H3,(H,20,21). The lowest BCUT2D eigenvalue weighted by atomic mass is 10.1. The number of nitrogens with zero attached hydrogens (tertiary/aromatic N) is 4. The molecule has 6 heteroatoms. The molecular formula is C19H33N5O. The Morgan fingerprint density at radius 1 is 1.36 bits per heavy atom. The van der Waals surface area contributed by atoms with Crippen LogP contribution in [0.4, 0.5) is 0 Å². The van der Waals surface area contributed by atoms with Crippen molar-refractivity contribution in [3.8, 4) is 0 Å². The van der Waals surface area contributed by atoms with Crippen molar-refractivity contribution in [2.24, 2.45) is 10.9 Å². The van der Waals surface area contributed by atoms with E-state index in [1.807, 2.05) is 6.07 Å². The molecule has 0 radical (unpaired) electrons. The van der Waals surface area contributed by atoms with Gasteiger partial charge in [-0.2, -0.15) is 0 Å². The normalized spacial score (nSPS) is 22.3. The highest BCUT2D eigenvalue weighted by molar-refractivity contribution is 5.80. The fourth-order valence-corrected chi connectivity index (χ4v) is 3.76. The summed E-state index contributed by atoms with van der Waals surface area (Å²) >= 11 is 0. The summed E-state index contributed by atoms with van der Waals surface area (Å²) in [6.07, 6.45) is 4.01. The average molecular weight is 348 g/mol. The second-order valence-corrected chi connectivity index (χ2v) is 7.65. The molecule has 0 bridgehead atoms. The number of hydrogen-bond donors (Lipinski definition) is 1. The highest BCUT2D eigenvalue weighted by Gasteiger charge is 2.27. The van der Waals surface area contributed by atoms with E-state index in [2.05, 4.69) is 41.0 Å². The maximum absolute atomic E-state index is 5.42. The molecule has 2 aliphatic heterocycles. The van der Waals surface area contributed by atoms with Gasteiger partial charge in [-0.25, -0.2) is 4.99 Å². The van der Waals surface area contributed by atoms with Crippen LogP contribution < -0.4 is 5.32 Å². The summed E-state index contributed by atoms with van der Waals surface area (Å²) in [5, 5.41) is 7.56. The van der Waals surface area contributed by atoms with Crippen molar-refractivity contribution in [1.29, 1.82) is 0 Å². The van der Waals surface area contributed by atoms with E-state index >= 15 is 0 Å². The van der Waals surface area contributed by atoms with Crippen LogP contribution in [-0.4, -0.2) is 60.2 Å². The maximum Gasteiger partial charge on any atom is 0.194 e. The topological polar surface area (TPSA) is 56.9 Å². The fraction of sp³-hybridized carbons (Fsp3) is 0.789. The summed E-state index contributed by atoms with van der Waals surface area (Å²) in [6, 6.07) is 2.03. The largest absolute Gasteiger partial charge is 0.359 e. The molecule has 1 unspecified atom stereocenters. The van der Waals surface area contributed by atoms with Crippen molar-refractivity contribution in [3.05, 3.63) is 17.5 Å². The predicted octanol–water partition coefficient (Wildman–Crippen LogP) is 2.68. The van der Waals surface area contributed by atoms with Gasteiger partial charge >= 0.3 is 0 Å². The number of aliphatic imine (C=N–C) groups is 1. The zero-order valence-corrected chi connectivity index (χ0v) is 16.0. The molecule has 6 nitrogen and oxygen atoms in total. The highest BCUT2D eigenvalue weighted by Crippen LogP contribution is 2.20. The Kier molecular flexibility index (Phi) is 6.34. The van der Waals surface area contributed by atoms with Gasteiger partial charge in [-0.3, -0.25) is 0 Å². The minimum atomic E-state index is 0.389. The first kappa shape index (κ1) is 18.2. The lowest BCUT2D eigenvalue weighted by Gasteiger charge is -2.23. The monoisotopic (exact) mass is 347 g/mol. The van der Waals surface area contributed by atoms with Gasteiger partial charge in [0.1, 0.15) is 6.54 Å². The summed E-state index contributed by atoms with van der Waals surface area (Å²) in [6.45, 7) is 13.8. The van der Waals surface area contributed by atoms with Gasteiger partial charge in [0, 0.05) is 32.2 Å². The minimum Gasteiger partial charge on any atom is -0.359 e. The molecule has 25 heavy (non-hydrogen) atoms. The molecule has 2 aliphatic rings. The molecule has 2 saturated heterocycles. The Hall–Kier alpha value is -1.56. The Labute approximate surface area is 151 Å². The molecule has 140 valence electrons. The van der Waals surface area contributed by atoms with Gasteiger partial charge in [-0.1, -0.05) is 19.0 Å². The molecule has 1 N–H and O–H groups in total. The van der Waals surface area contributed by atoms with Crippen LogP contribution in [0.3, 0.4) is 0 Å². The van der Waals surface area contributed by atoms with E-state index in [1.165, 1.54) is 38.9 Å². The SMILES string of the molecule is CCNC(=NCc1cc(C(C)C)no1)N1CCC(CN2CCCC2)C1. The van der Waals surface area contributed by atoms with Gasteiger partial charge in [-0.05, 0) is 51.1 Å². The van der Waals surface area contributed by atoms with Crippen LogP contribution in [0.25, 0.3) is 0 Å². The molecule has 0 amide bonds. The lowest BCUT2D eigenvalue weighted by Crippen LogP contribution is -2.40. The Balaban J connectivity index is 1.56. The fourth-order valence-electron chi connectivity index (χ4n) is 3.76. The summed E-state index contributed by atoms with van der Waals surface area (Å²) in [7, 11) is 0. The maximum atomic E-state index is 5.42. The van der Waals surface area contributed by atoms with Gasteiger partial charge in [0.25, 0.3) is 0 Å². The van der Waals surface area contributed by atoms with E-state index in [9.17, 15) is 0 Å². The molecule has 3 heterocycles. The predicted molar refractivity (Wildman–Crippen MR) is 101 cm³/mol. The molecule has 3 rings (SSSR count). The molecule has 0 saturated carbocycles. The van der Waals surface area contributed by atoms with E-state index in [1.54, 1.807) is 0 Å². The number of aromatic nitrogens is 1. The molecule has 2 fully saturated rings. The minimum absolute atomic E-state index is 0.389. The van der Waals surface area contributed by atoms with E-state index < -0.39 is 0 Å². The van der Waals surface area contributed by atoms with Gasteiger partial charge in [-0.15, -0.1) is 0 Å². The molecule has 1 aromatic rings. The van der Waals surface area contributed by atoms with Gasteiger partial charge < -0.3 is 19.6 Å². The molecule has 1 atom stereocenters. The van der Waals surface area contributed by atoms with Gasteiger partial charge in [0.2, 0.25) is 0 Å². The Morgan fingerprint density at radius 2 is 2.16 bits per heavy atom. The smallest absolute Gasteiger partial charge is 0.194 e. The molecular weight excluding hydrogens is 314 g/mol. The summed E-state index contributed by atoms with van der Waals surface area (Å²) < 4.78 is 5.42. The Morgan fingerprint density at radius 3 is 2.84 bits per heavy atom. The second kappa shape index (κ2) is 8.70. The van der Waals surface area contributed by atoms with E-state index in [0.29, 0.717) is 12.5 Å². The van der Waals surface area contributed by atoms with E-state index in [0.717, 1.165) is 43.0 Å². The van der Waals surface area contributed by atoms with Gasteiger partial charge in [0.15, 0.2) is 11.7 Å². The van der Waals surface area contributed by atoms with Crippen LogP contribution in [0.15, 0.2) is 15.6 Å². The molecule has 0 spiro atoms. The van der Waals surface area contributed by atoms with Gasteiger partial charge in [0.05, 0.1) is 5.69 Å². The Bertz CT molecular complexity index is 562. The quantitative estimate of drug-likeness (QED) is 0.633. The third-order valence-electron chi connectivity index (χ3n) is 5.19. The first-order valence-electron chi connectivity index (χ1n) is 9.86. The van der Waals surface area contributed by atoms with Crippen molar-refractivity contribution in [2.45, 2.75) is 52.5 Å². The first-order chi connectivity index (χ1) is 12.2. The molecule has 0 aromatic carbocycles. The summed E-state index contributed by atoms with van der Waals surface area (Å²) in [5.41, 5.74) is 1.00. The number of rotatable bonds is 6. The van der Waals surface area contributed by atoms with Crippen LogP contribution in [0.1, 0.15) is 57.4 Å². The zero-order chi connectivity index (χ0) is 17.6. The average Bonchev–Trinajstić information content (AvgIpc) is 3.33. The summed E-state index contributed by atoms with van der Waals surface area (Å²) in [5.74, 6) is 3.00. The van der Waals surface area contributed by atoms with Crippen LogP contribution >= 0.6 is 0 Å². The number of likely N-dealkylation sites (tertiary alicyclic amines) is 2. The third kappa shape index (κ3) is 4.97. The van der Waals surface area contributed by atoms with Crippen molar-refractivity contribution < 1.29 is 4.52 Å². The van der Waals surface area contributed by atoms with Crippen molar-refractivity contribution in [2.75, 3.05) is 39.3 Å². The summed E-state index contributed by atoms with van der Waals surface area (Å²) in [4.78, 5) is 9.82. The highest BCUT2D eigenvalue weighted by atomic mass is 16.5. The first-order valence-corrected chi connectivity index (χ1v) is 9.86. The zero-order valence-electron chi connectivity index (χ0n) is 16.0. The van der Waals surface area contributed by atoms with Crippen molar-refractivity contribution in [3.63, 3.8) is 0 Å². The van der Waals surface area contributed by atoms with Crippen molar-refractivity contribution in [1.82, 2.24) is 20.3 Å². The van der Waals surface area contributed by atoms with E-state index in [4.69, 9.17) is 9.52 Å². The number of nitrogens with one attached hydrogen (secondary N) is 1. The molecule has 1 aromatic heterocycles. The lowest BCUT2D eigenvalue weighted by molar-refractivity contribution is 0.281. The third-order valence-corrected chi connectivity index (χ3v) is 5.19. The number of guanidine groups is 1. The number of hydrogen-bond acceptors (Lipinski definition) is 4. The van der Waals surface area contributed by atoms with Crippen LogP contribution in [0, 0.1) is 5.92 Å². The second-order valence-electron chi connectivity index (χ2n) is 7.65. The van der Waals surface area contributed by atoms with Crippen molar-refractivity contribution >= 4 is 5.96 Å². The van der Waals surface area contributed by atoms with Crippen LogP contribution in [-0.2, 0) is 6.54 Å². The van der Waals surface area contributed by atoms with Crippen LogP contribution in [0.2, 0.25) is 0 Å². The van der Waals surface area contributed by atoms with Crippen LogP contribution in [0.5, 0.6) is 0 Å². The van der Waals surface area contributed by atoms with E-state index in [-0.39, 0.29) is 0 Å².